The van der Waals surface area contributed by atoms with Gasteiger partial charge in [-0.3, -0.25) is 15.6 Å². The molecule has 0 amide bonds. The van der Waals surface area contributed by atoms with Crippen LogP contribution in [0.3, 0.4) is 0 Å². The maximum absolute atomic E-state index is 9.78. The highest BCUT2D eigenvalue weighted by Crippen LogP contribution is 2.37. The van der Waals surface area contributed by atoms with Crippen molar-refractivity contribution in [2.75, 3.05) is 46.0 Å². The third-order valence-electron chi connectivity index (χ3n) is 7.74. The highest BCUT2D eigenvalue weighted by Gasteiger charge is 2.48. The van der Waals surface area contributed by atoms with Crippen LogP contribution in [-0.4, -0.2) is 91.6 Å². The van der Waals surface area contributed by atoms with E-state index in [0.717, 1.165) is 52.1 Å². The predicted molar refractivity (Wildman–Crippen MR) is 116 cm³/mol. The third kappa shape index (κ3) is 5.18. The van der Waals surface area contributed by atoms with Crippen molar-refractivity contribution in [3.05, 3.63) is 0 Å². The summed E-state index contributed by atoms with van der Waals surface area (Å²) in [5.74, 6) is 1.88. The highest BCUT2D eigenvalue weighted by molar-refractivity contribution is 4.99. The van der Waals surface area contributed by atoms with Gasteiger partial charge in [0.15, 0.2) is 0 Å². The minimum atomic E-state index is -0.547. The van der Waals surface area contributed by atoms with E-state index < -0.39 is 6.10 Å². The van der Waals surface area contributed by atoms with Gasteiger partial charge in [0.1, 0.15) is 0 Å². The Hall–Kier alpha value is -0.320. The number of aliphatic hydroxyl groups excluding tert-OH is 1. The number of nitrogens with two attached hydrogens (primary N) is 1. The minimum Gasteiger partial charge on any atom is -0.389 e. The largest absolute Gasteiger partial charge is 0.389 e. The van der Waals surface area contributed by atoms with Crippen LogP contribution in [-0.2, 0) is 9.47 Å². The molecule has 0 bridgehead atoms. The predicted octanol–water partition coefficient (Wildman–Crippen LogP) is 0.320. The van der Waals surface area contributed by atoms with Crippen LogP contribution in [0.2, 0.25) is 0 Å². The van der Waals surface area contributed by atoms with Crippen LogP contribution in [0, 0.1) is 17.8 Å². The van der Waals surface area contributed by atoms with Crippen molar-refractivity contribution >= 4 is 0 Å². The molecule has 8 nitrogen and oxygen atoms in total. The second-order valence-corrected chi connectivity index (χ2v) is 10.0. The first-order valence-electron chi connectivity index (χ1n) is 12.2. The van der Waals surface area contributed by atoms with E-state index >= 15 is 0 Å². The number of hydrogen-bond acceptors (Lipinski definition) is 8. The summed E-state index contributed by atoms with van der Waals surface area (Å²) in [5.41, 5.74) is 9.27. The molecule has 0 spiro atoms. The number of hydrazine groups is 1. The summed E-state index contributed by atoms with van der Waals surface area (Å²) < 4.78 is 11.7. The SMILES string of the molecule is CC(C)C1CNN2C1NC(C1CCCC(OC[C@H](O)CN)C1)CC2N1CCOCC1. The minimum absolute atomic E-state index is 0.245. The summed E-state index contributed by atoms with van der Waals surface area (Å²) in [6, 6.07) is 0.506. The van der Waals surface area contributed by atoms with Crippen molar-refractivity contribution in [2.45, 2.75) is 76.5 Å². The number of morpholine rings is 1. The van der Waals surface area contributed by atoms with Crippen LogP contribution >= 0.6 is 0 Å². The van der Waals surface area contributed by atoms with E-state index in [1.807, 2.05) is 0 Å². The molecular formula is C22H43N5O3. The third-order valence-corrected chi connectivity index (χ3v) is 7.74. The summed E-state index contributed by atoms with van der Waals surface area (Å²) in [7, 11) is 0. The second-order valence-electron chi connectivity index (χ2n) is 10.0. The summed E-state index contributed by atoms with van der Waals surface area (Å²) >= 11 is 0. The van der Waals surface area contributed by atoms with Gasteiger partial charge in [-0.25, -0.2) is 5.01 Å². The fraction of sp³-hybridized carbons (Fsp3) is 1.00. The number of aliphatic hydroxyl groups is 1. The topological polar surface area (TPSA) is 95.2 Å². The lowest BCUT2D eigenvalue weighted by molar-refractivity contribution is -0.102. The summed E-state index contributed by atoms with van der Waals surface area (Å²) in [6.07, 6.45) is 6.29. The van der Waals surface area contributed by atoms with E-state index in [1.165, 1.54) is 12.8 Å². The van der Waals surface area contributed by atoms with Crippen LogP contribution in [0.4, 0.5) is 0 Å². The Morgan fingerprint density at radius 1 is 1.20 bits per heavy atom. The molecule has 4 rings (SSSR count). The second kappa shape index (κ2) is 10.5. The Kier molecular flexibility index (Phi) is 8.02. The van der Waals surface area contributed by atoms with E-state index in [1.54, 1.807) is 0 Å². The normalized spacial score (nSPS) is 39.9. The van der Waals surface area contributed by atoms with E-state index in [9.17, 15) is 5.11 Å². The zero-order chi connectivity index (χ0) is 21.1. The molecule has 7 atom stereocenters. The maximum atomic E-state index is 9.78. The molecule has 30 heavy (non-hydrogen) atoms. The first-order chi connectivity index (χ1) is 14.6. The molecule has 0 aromatic heterocycles. The number of nitrogens with one attached hydrogen (secondary N) is 2. The molecule has 1 saturated carbocycles. The van der Waals surface area contributed by atoms with Gasteiger partial charge < -0.3 is 20.3 Å². The van der Waals surface area contributed by atoms with Gasteiger partial charge in [0.2, 0.25) is 0 Å². The molecule has 3 heterocycles. The van der Waals surface area contributed by atoms with Crippen LogP contribution in [0.5, 0.6) is 0 Å². The average Bonchev–Trinajstić information content (AvgIpc) is 3.22. The van der Waals surface area contributed by atoms with E-state index in [-0.39, 0.29) is 12.6 Å². The van der Waals surface area contributed by atoms with Gasteiger partial charge in [0.25, 0.3) is 0 Å². The van der Waals surface area contributed by atoms with E-state index in [0.29, 0.717) is 42.7 Å². The molecular weight excluding hydrogens is 382 g/mol. The van der Waals surface area contributed by atoms with Crippen LogP contribution in [0.1, 0.15) is 46.0 Å². The van der Waals surface area contributed by atoms with Gasteiger partial charge in [-0.1, -0.05) is 20.3 Å². The average molecular weight is 426 g/mol. The number of rotatable bonds is 7. The van der Waals surface area contributed by atoms with Crippen LogP contribution in [0.15, 0.2) is 0 Å². The standard InChI is InChI=1S/C22H43N5O3/c1-15(2)19-13-24-27-21(26-6-8-29-9-7-26)11-20(25-22(19)27)16-4-3-5-18(10-16)30-14-17(28)12-23/h15-22,24-25,28H,3-14,23H2,1-2H3/t16?,17-,18?,19?,20?,21?,22?/m1/s1. The van der Waals surface area contributed by atoms with Gasteiger partial charge in [-0.15, -0.1) is 0 Å². The Balaban J connectivity index is 1.44. The molecule has 3 aliphatic heterocycles. The molecule has 6 unspecified atom stereocenters. The molecule has 4 fully saturated rings. The molecule has 8 heteroatoms. The molecule has 3 saturated heterocycles. The smallest absolute Gasteiger partial charge is 0.0895 e. The van der Waals surface area contributed by atoms with Gasteiger partial charge in [-0.05, 0) is 37.5 Å². The zero-order valence-electron chi connectivity index (χ0n) is 18.8. The van der Waals surface area contributed by atoms with Crippen molar-refractivity contribution < 1.29 is 14.6 Å². The van der Waals surface area contributed by atoms with Gasteiger partial charge in [0, 0.05) is 38.1 Å². The Bertz CT molecular complexity index is 533. The Morgan fingerprint density at radius 3 is 2.73 bits per heavy atom. The lowest BCUT2D eigenvalue weighted by atomic mass is 9.79. The lowest BCUT2D eigenvalue weighted by Crippen LogP contribution is -2.68. The van der Waals surface area contributed by atoms with Crippen molar-refractivity contribution in [3.8, 4) is 0 Å². The first-order valence-corrected chi connectivity index (χ1v) is 12.2. The molecule has 1 aliphatic carbocycles. The number of ether oxygens (including phenoxy) is 2. The van der Waals surface area contributed by atoms with E-state index in [2.05, 4.69) is 34.5 Å². The summed E-state index contributed by atoms with van der Waals surface area (Å²) in [6.45, 7) is 10.1. The molecule has 0 radical (unpaired) electrons. The molecule has 174 valence electrons. The van der Waals surface area contributed by atoms with Crippen molar-refractivity contribution in [1.29, 1.82) is 0 Å². The highest BCUT2D eigenvalue weighted by atomic mass is 16.5. The zero-order valence-corrected chi connectivity index (χ0v) is 18.8. The summed E-state index contributed by atoms with van der Waals surface area (Å²) in [5, 5.41) is 16.4. The van der Waals surface area contributed by atoms with Gasteiger partial charge in [-0.2, -0.15) is 0 Å². The van der Waals surface area contributed by atoms with Gasteiger partial charge >= 0.3 is 0 Å². The maximum Gasteiger partial charge on any atom is 0.0895 e. The number of fused-ring (bicyclic) bond motifs is 1. The fourth-order valence-electron chi connectivity index (χ4n) is 5.89. The van der Waals surface area contributed by atoms with Gasteiger partial charge in [0.05, 0.1) is 44.4 Å². The quantitative estimate of drug-likeness (QED) is 0.463. The van der Waals surface area contributed by atoms with Crippen molar-refractivity contribution in [1.82, 2.24) is 20.7 Å². The molecule has 0 aromatic carbocycles. The first kappa shape index (κ1) is 22.9. The lowest BCUT2D eigenvalue weighted by Gasteiger charge is -2.51. The summed E-state index contributed by atoms with van der Waals surface area (Å²) in [4.78, 5) is 2.62. The Morgan fingerprint density at radius 2 is 2.00 bits per heavy atom. The van der Waals surface area contributed by atoms with Crippen LogP contribution < -0.4 is 16.5 Å². The molecule has 4 aliphatic rings. The van der Waals surface area contributed by atoms with E-state index in [4.69, 9.17) is 15.2 Å². The number of hydrogen-bond donors (Lipinski definition) is 4. The fourth-order valence-corrected chi connectivity index (χ4v) is 5.89. The van der Waals surface area contributed by atoms with Crippen LogP contribution in [0.25, 0.3) is 0 Å². The Labute approximate surface area is 181 Å². The molecule has 0 aromatic rings. The molecule has 5 N–H and O–H groups in total. The van der Waals surface area contributed by atoms with Crippen molar-refractivity contribution in [2.24, 2.45) is 23.5 Å². The number of nitrogens with zero attached hydrogens (tertiary/aromatic N) is 2. The monoisotopic (exact) mass is 425 g/mol. The van der Waals surface area contributed by atoms with Crippen molar-refractivity contribution in [3.63, 3.8) is 0 Å².